The second-order valence-electron chi connectivity index (χ2n) is 8.13. The lowest BCUT2D eigenvalue weighted by Crippen LogP contribution is -2.51. The van der Waals surface area contributed by atoms with Crippen molar-refractivity contribution in [1.82, 2.24) is 10.2 Å². The minimum atomic E-state index is -0.664. The molecule has 7 heteroatoms. The van der Waals surface area contributed by atoms with Crippen molar-refractivity contribution in [2.75, 3.05) is 13.7 Å². The monoisotopic (exact) mass is 442 g/mol. The Kier molecular flexibility index (Phi) is 8.48. The van der Waals surface area contributed by atoms with Gasteiger partial charge in [0.2, 0.25) is 5.91 Å². The van der Waals surface area contributed by atoms with Crippen LogP contribution in [-0.4, -0.2) is 42.5 Å². The van der Waals surface area contributed by atoms with Gasteiger partial charge in [-0.2, -0.15) is 0 Å². The molecule has 2 aromatic carbocycles. The summed E-state index contributed by atoms with van der Waals surface area (Å²) in [5.41, 5.74) is 0.873. The lowest BCUT2D eigenvalue weighted by atomic mass is 9.95. The first kappa shape index (κ1) is 23.6. The molecule has 1 aliphatic carbocycles. The number of halogens is 1. The van der Waals surface area contributed by atoms with Crippen molar-refractivity contribution >= 4 is 11.8 Å². The minimum Gasteiger partial charge on any atom is -0.497 e. The summed E-state index contributed by atoms with van der Waals surface area (Å²) in [6, 6.07) is 12.3. The van der Waals surface area contributed by atoms with Crippen LogP contribution in [0.1, 0.15) is 44.6 Å². The Morgan fingerprint density at radius 3 is 2.28 bits per heavy atom. The number of rotatable bonds is 9. The molecular formula is C25H31FN2O4. The van der Waals surface area contributed by atoms with Gasteiger partial charge in [-0.15, -0.1) is 0 Å². The van der Waals surface area contributed by atoms with E-state index in [1.54, 1.807) is 14.0 Å². The molecule has 1 aliphatic rings. The zero-order valence-electron chi connectivity index (χ0n) is 18.7. The van der Waals surface area contributed by atoms with E-state index in [0.29, 0.717) is 11.5 Å². The normalized spacial score (nSPS) is 15.0. The van der Waals surface area contributed by atoms with Crippen LogP contribution in [0, 0.1) is 5.82 Å². The number of benzene rings is 2. The van der Waals surface area contributed by atoms with E-state index in [1.165, 1.54) is 35.6 Å². The number of carbonyl (C=O) groups excluding carboxylic acids is 2. The van der Waals surface area contributed by atoms with Crippen molar-refractivity contribution in [3.8, 4) is 11.5 Å². The Morgan fingerprint density at radius 1 is 1.03 bits per heavy atom. The first-order chi connectivity index (χ1) is 15.5. The van der Waals surface area contributed by atoms with Gasteiger partial charge >= 0.3 is 0 Å². The number of carbonyl (C=O) groups is 2. The molecule has 1 atom stereocenters. The van der Waals surface area contributed by atoms with E-state index >= 15 is 0 Å². The molecule has 1 unspecified atom stereocenters. The first-order valence-corrected chi connectivity index (χ1v) is 11.1. The van der Waals surface area contributed by atoms with Gasteiger partial charge in [0.25, 0.3) is 5.91 Å². The van der Waals surface area contributed by atoms with E-state index in [4.69, 9.17) is 9.47 Å². The molecule has 1 N–H and O–H groups in total. The highest BCUT2D eigenvalue weighted by molar-refractivity contribution is 5.88. The molecule has 0 spiro atoms. The SMILES string of the molecule is COc1ccc(CN(C(=O)COc2ccc(F)cc2)C(C)C(=O)NC2CCCCC2)cc1. The zero-order chi connectivity index (χ0) is 22.9. The summed E-state index contributed by atoms with van der Waals surface area (Å²) in [4.78, 5) is 27.5. The maximum absolute atomic E-state index is 13.1. The van der Waals surface area contributed by atoms with Crippen molar-refractivity contribution in [1.29, 1.82) is 0 Å². The second kappa shape index (κ2) is 11.5. The summed E-state index contributed by atoms with van der Waals surface area (Å²) in [6.07, 6.45) is 5.36. The van der Waals surface area contributed by atoms with Gasteiger partial charge in [-0.05, 0) is 61.7 Å². The molecule has 6 nitrogen and oxygen atoms in total. The third kappa shape index (κ3) is 6.70. The van der Waals surface area contributed by atoms with Crippen LogP contribution in [-0.2, 0) is 16.1 Å². The van der Waals surface area contributed by atoms with Gasteiger partial charge < -0.3 is 19.7 Å². The Hall–Kier alpha value is -3.09. The van der Waals surface area contributed by atoms with Crippen molar-refractivity contribution < 1.29 is 23.5 Å². The van der Waals surface area contributed by atoms with Crippen LogP contribution in [0.2, 0.25) is 0 Å². The van der Waals surface area contributed by atoms with E-state index < -0.39 is 6.04 Å². The largest absolute Gasteiger partial charge is 0.497 e. The summed E-state index contributed by atoms with van der Waals surface area (Å²) in [6.45, 7) is 1.75. The van der Waals surface area contributed by atoms with Crippen LogP contribution < -0.4 is 14.8 Å². The van der Waals surface area contributed by atoms with Crippen LogP contribution in [0.25, 0.3) is 0 Å². The molecule has 0 saturated heterocycles. The minimum absolute atomic E-state index is 0.159. The fourth-order valence-corrected chi connectivity index (χ4v) is 3.84. The van der Waals surface area contributed by atoms with Gasteiger partial charge in [0, 0.05) is 12.6 Å². The highest BCUT2D eigenvalue weighted by Crippen LogP contribution is 2.19. The number of amides is 2. The summed E-state index contributed by atoms with van der Waals surface area (Å²) in [7, 11) is 1.59. The zero-order valence-corrected chi connectivity index (χ0v) is 18.7. The molecule has 2 aromatic rings. The van der Waals surface area contributed by atoms with Gasteiger partial charge in [0.15, 0.2) is 6.61 Å². The number of nitrogens with one attached hydrogen (secondary N) is 1. The third-order valence-electron chi connectivity index (χ3n) is 5.81. The number of ether oxygens (including phenoxy) is 2. The van der Waals surface area contributed by atoms with Gasteiger partial charge in [-0.3, -0.25) is 9.59 Å². The van der Waals surface area contributed by atoms with Crippen molar-refractivity contribution in [3.05, 3.63) is 59.9 Å². The summed E-state index contributed by atoms with van der Waals surface area (Å²) in [5, 5.41) is 3.10. The molecule has 0 bridgehead atoms. The Labute approximate surface area is 188 Å². The first-order valence-electron chi connectivity index (χ1n) is 11.1. The van der Waals surface area contributed by atoms with Crippen LogP contribution in [0.5, 0.6) is 11.5 Å². The smallest absolute Gasteiger partial charge is 0.261 e. The third-order valence-corrected chi connectivity index (χ3v) is 5.81. The number of nitrogens with zero attached hydrogens (tertiary/aromatic N) is 1. The highest BCUT2D eigenvalue weighted by atomic mass is 19.1. The van der Waals surface area contributed by atoms with Crippen LogP contribution in [0.3, 0.4) is 0 Å². The molecule has 1 saturated carbocycles. The molecule has 0 aliphatic heterocycles. The molecule has 0 radical (unpaired) electrons. The van der Waals surface area contributed by atoms with E-state index in [1.807, 2.05) is 24.3 Å². The van der Waals surface area contributed by atoms with Gasteiger partial charge in [0.05, 0.1) is 7.11 Å². The van der Waals surface area contributed by atoms with Crippen molar-refractivity contribution in [2.45, 2.75) is 57.7 Å². The van der Waals surface area contributed by atoms with Crippen molar-refractivity contribution in [3.63, 3.8) is 0 Å². The average molecular weight is 443 g/mol. The average Bonchev–Trinajstić information content (AvgIpc) is 2.82. The van der Waals surface area contributed by atoms with Gasteiger partial charge in [0.1, 0.15) is 23.4 Å². The lowest BCUT2D eigenvalue weighted by Gasteiger charge is -2.31. The molecule has 172 valence electrons. The molecular weight excluding hydrogens is 411 g/mol. The molecule has 32 heavy (non-hydrogen) atoms. The summed E-state index contributed by atoms with van der Waals surface area (Å²) < 4.78 is 23.9. The molecule has 0 aromatic heterocycles. The summed E-state index contributed by atoms with van der Waals surface area (Å²) >= 11 is 0. The van der Waals surface area contributed by atoms with E-state index in [2.05, 4.69) is 5.32 Å². The Bertz CT molecular complexity index is 880. The topological polar surface area (TPSA) is 67.9 Å². The predicted molar refractivity (Wildman–Crippen MR) is 120 cm³/mol. The maximum atomic E-state index is 13.1. The fraction of sp³-hybridized carbons (Fsp3) is 0.440. The van der Waals surface area contributed by atoms with Gasteiger partial charge in [-0.1, -0.05) is 31.4 Å². The van der Waals surface area contributed by atoms with Crippen LogP contribution >= 0.6 is 0 Å². The quantitative estimate of drug-likeness (QED) is 0.636. The maximum Gasteiger partial charge on any atom is 0.261 e. The van der Waals surface area contributed by atoms with E-state index in [9.17, 15) is 14.0 Å². The highest BCUT2D eigenvalue weighted by Gasteiger charge is 2.28. The Balaban J connectivity index is 1.69. The Morgan fingerprint density at radius 2 is 1.66 bits per heavy atom. The predicted octanol–water partition coefficient (Wildman–Crippen LogP) is 4.08. The van der Waals surface area contributed by atoms with Crippen LogP contribution in [0.15, 0.2) is 48.5 Å². The standard InChI is InChI=1S/C25H31FN2O4/c1-18(25(30)27-21-6-4-3-5-7-21)28(16-19-8-12-22(31-2)13-9-19)24(29)17-32-23-14-10-20(26)11-15-23/h8-15,18,21H,3-7,16-17H2,1-2H3,(H,27,30). The van der Waals surface area contributed by atoms with E-state index in [0.717, 1.165) is 31.2 Å². The summed E-state index contributed by atoms with van der Waals surface area (Å²) in [5.74, 6) is 0.243. The number of hydrogen-bond donors (Lipinski definition) is 1. The molecule has 0 heterocycles. The second-order valence-corrected chi connectivity index (χ2v) is 8.13. The van der Waals surface area contributed by atoms with Gasteiger partial charge in [-0.25, -0.2) is 4.39 Å². The molecule has 1 fully saturated rings. The fourth-order valence-electron chi connectivity index (χ4n) is 3.84. The lowest BCUT2D eigenvalue weighted by molar-refractivity contribution is -0.142. The van der Waals surface area contributed by atoms with Crippen LogP contribution in [0.4, 0.5) is 4.39 Å². The number of methoxy groups -OCH3 is 1. The van der Waals surface area contributed by atoms with E-state index in [-0.39, 0.29) is 36.8 Å². The van der Waals surface area contributed by atoms with Crippen molar-refractivity contribution in [2.24, 2.45) is 0 Å². The molecule has 2 amide bonds. The molecule has 3 rings (SSSR count). The number of hydrogen-bond acceptors (Lipinski definition) is 4.